The number of hydrogen-bond acceptors (Lipinski definition) is 4. The van der Waals surface area contributed by atoms with Gasteiger partial charge in [-0.1, -0.05) is 36.4 Å². The van der Waals surface area contributed by atoms with Gasteiger partial charge in [-0.2, -0.15) is 0 Å². The molecule has 1 aromatic heterocycles. The molecule has 1 aliphatic rings. The maximum Gasteiger partial charge on any atom is 0.407 e. The van der Waals surface area contributed by atoms with E-state index in [0.29, 0.717) is 28.1 Å². The van der Waals surface area contributed by atoms with Crippen LogP contribution >= 0.6 is 0 Å². The molecule has 8 nitrogen and oxygen atoms in total. The number of piperazine rings is 1. The van der Waals surface area contributed by atoms with Crippen LogP contribution in [-0.2, 0) is 0 Å². The summed E-state index contributed by atoms with van der Waals surface area (Å²) in [5.74, 6) is 0.783. The fourth-order valence-electron chi connectivity index (χ4n) is 4.42. The summed E-state index contributed by atoms with van der Waals surface area (Å²) in [5, 5.41) is 20.2. The van der Waals surface area contributed by atoms with Crippen molar-refractivity contribution in [3.8, 4) is 23.1 Å². The fourth-order valence-corrected chi connectivity index (χ4v) is 4.42. The highest BCUT2D eigenvalue weighted by molar-refractivity contribution is 6.10. The number of ether oxygens (including phenoxy) is 1. The van der Waals surface area contributed by atoms with Crippen molar-refractivity contribution in [3.63, 3.8) is 0 Å². The number of amides is 2. The zero-order valence-corrected chi connectivity index (χ0v) is 19.2. The van der Waals surface area contributed by atoms with E-state index in [4.69, 9.17) is 4.74 Å². The van der Waals surface area contributed by atoms with Gasteiger partial charge in [0.15, 0.2) is 0 Å². The Hall–Kier alpha value is -4.46. The summed E-state index contributed by atoms with van der Waals surface area (Å²) in [6.07, 6.45) is -0.989. The molecule has 1 fully saturated rings. The predicted molar refractivity (Wildman–Crippen MR) is 132 cm³/mol. The lowest BCUT2D eigenvalue weighted by molar-refractivity contribution is 0.0624. The SMILES string of the molecule is Cc1ccccc1Oc1c(C(=O)N2CCN(C(=O)O)CC2)c2ccc(O)cc2n1-c1ccccc1. The third-order valence-electron chi connectivity index (χ3n) is 6.27. The topological polar surface area (TPSA) is 95.2 Å². The average molecular weight is 472 g/mol. The summed E-state index contributed by atoms with van der Waals surface area (Å²) >= 11 is 0. The molecule has 0 radical (unpaired) electrons. The lowest BCUT2D eigenvalue weighted by atomic mass is 10.1. The molecule has 1 aliphatic heterocycles. The number of phenols is 1. The Bertz CT molecular complexity index is 1410. The minimum absolute atomic E-state index is 0.0729. The number of carbonyl (C=O) groups excluding carboxylic acids is 1. The van der Waals surface area contributed by atoms with Crippen LogP contribution in [0.2, 0.25) is 0 Å². The molecule has 5 rings (SSSR count). The first-order valence-corrected chi connectivity index (χ1v) is 11.4. The number of para-hydroxylation sites is 2. The van der Waals surface area contributed by atoms with E-state index < -0.39 is 6.09 Å². The minimum Gasteiger partial charge on any atom is -0.508 e. The largest absolute Gasteiger partial charge is 0.508 e. The van der Waals surface area contributed by atoms with Crippen molar-refractivity contribution >= 4 is 22.9 Å². The van der Waals surface area contributed by atoms with Gasteiger partial charge >= 0.3 is 6.09 Å². The second kappa shape index (κ2) is 9.06. The molecule has 0 bridgehead atoms. The Morgan fingerprint density at radius 1 is 0.857 bits per heavy atom. The molecule has 0 spiro atoms. The molecular weight excluding hydrogens is 446 g/mol. The maximum absolute atomic E-state index is 13.9. The van der Waals surface area contributed by atoms with Crippen LogP contribution < -0.4 is 4.74 Å². The van der Waals surface area contributed by atoms with E-state index in [1.807, 2.05) is 66.1 Å². The van der Waals surface area contributed by atoms with Crippen LogP contribution in [0, 0.1) is 6.92 Å². The molecule has 35 heavy (non-hydrogen) atoms. The van der Waals surface area contributed by atoms with Crippen molar-refractivity contribution < 1.29 is 24.5 Å². The minimum atomic E-state index is -0.989. The van der Waals surface area contributed by atoms with Gasteiger partial charge in [-0.3, -0.25) is 9.36 Å². The molecule has 1 saturated heterocycles. The summed E-state index contributed by atoms with van der Waals surface area (Å²) in [7, 11) is 0. The first-order valence-electron chi connectivity index (χ1n) is 11.4. The molecule has 4 aromatic rings. The molecule has 0 aliphatic carbocycles. The number of nitrogens with zero attached hydrogens (tertiary/aromatic N) is 3. The van der Waals surface area contributed by atoms with Crippen molar-refractivity contribution in [2.45, 2.75) is 6.92 Å². The van der Waals surface area contributed by atoms with Crippen LogP contribution in [0.15, 0.2) is 72.8 Å². The molecule has 0 unspecified atom stereocenters. The number of carbonyl (C=O) groups is 2. The summed E-state index contributed by atoms with van der Waals surface area (Å²) in [4.78, 5) is 28.2. The lowest BCUT2D eigenvalue weighted by Gasteiger charge is -2.33. The van der Waals surface area contributed by atoms with Crippen LogP contribution in [0.5, 0.6) is 17.4 Å². The van der Waals surface area contributed by atoms with E-state index in [0.717, 1.165) is 11.3 Å². The summed E-state index contributed by atoms with van der Waals surface area (Å²) < 4.78 is 8.29. The quantitative estimate of drug-likeness (QED) is 0.443. The van der Waals surface area contributed by atoms with Gasteiger partial charge in [-0.15, -0.1) is 0 Å². The molecule has 0 atom stereocenters. The predicted octanol–water partition coefficient (Wildman–Crippen LogP) is 4.87. The van der Waals surface area contributed by atoms with Crippen molar-refractivity contribution in [1.29, 1.82) is 0 Å². The second-order valence-electron chi connectivity index (χ2n) is 8.48. The van der Waals surface area contributed by atoms with Gasteiger partial charge in [0, 0.05) is 43.3 Å². The van der Waals surface area contributed by atoms with E-state index in [1.54, 1.807) is 23.1 Å². The highest BCUT2D eigenvalue weighted by Gasteiger charge is 2.31. The van der Waals surface area contributed by atoms with E-state index in [9.17, 15) is 19.8 Å². The Balaban J connectivity index is 1.70. The van der Waals surface area contributed by atoms with E-state index in [1.165, 1.54) is 4.90 Å². The number of rotatable bonds is 4. The number of aryl methyl sites for hydroxylation is 1. The van der Waals surface area contributed by atoms with Crippen LogP contribution in [0.1, 0.15) is 15.9 Å². The number of phenolic OH excluding ortho intramolecular Hbond substituents is 1. The Labute approximate surface area is 202 Å². The van der Waals surface area contributed by atoms with E-state index >= 15 is 0 Å². The number of fused-ring (bicyclic) bond motifs is 1. The van der Waals surface area contributed by atoms with E-state index in [2.05, 4.69) is 0 Å². The lowest BCUT2D eigenvalue weighted by Crippen LogP contribution is -2.50. The molecule has 8 heteroatoms. The van der Waals surface area contributed by atoms with Gasteiger partial charge in [0.25, 0.3) is 5.91 Å². The number of aromatic hydroxyl groups is 1. The zero-order chi connectivity index (χ0) is 24.5. The molecular formula is C27H25N3O5. The maximum atomic E-state index is 13.9. The Morgan fingerprint density at radius 3 is 2.20 bits per heavy atom. The van der Waals surface area contributed by atoms with Gasteiger partial charge in [-0.05, 0) is 42.8 Å². The van der Waals surface area contributed by atoms with Crippen molar-refractivity contribution in [2.24, 2.45) is 0 Å². The van der Waals surface area contributed by atoms with Crippen LogP contribution in [0.3, 0.4) is 0 Å². The number of benzene rings is 3. The molecule has 2 heterocycles. The first-order chi connectivity index (χ1) is 16.9. The molecule has 2 amide bonds. The average Bonchev–Trinajstić information content (AvgIpc) is 3.18. The summed E-state index contributed by atoms with van der Waals surface area (Å²) in [5.41, 5.74) is 2.69. The summed E-state index contributed by atoms with van der Waals surface area (Å²) in [6, 6.07) is 22.0. The zero-order valence-electron chi connectivity index (χ0n) is 19.2. The summed E-state index contributed by atoms with van der Waals surface area (Å²) in [6.45, 7) is 2.99. The normalized spacial score (nSPS) is 13.7. The third-order valence-corrected chi connectivity index (χ3v) is 6.27. The Morgan fingerprint density at radius 2 is 1.51 bits per heavy atom. The van der Waals surface area contributed by atoms with Crippen LogP contribution in [-0.4, -0.2) is 62.8 Å². The third kappa shape index (κ3) is 4.14. The standard InChI is InChI=1S/C27H25N3O5/c1-18-7-5-6-10-23(18)35-26-24(25(32)28-13-15-29(16-14-28)27(33)34)21-12-11-20(31)17-22(21)30(26)19-8-3-2-4-9-19/h2-12,17,31H,13-16H2,1H3,(H,33,34). The molecule has 0 saturated carbocycles. The fraction of sp³-hybridized carbons (Fsp3) is 0.185. The highest BCUT2D eigenvalue weighted by Crippen LogP contribution is 2.40. The number of carboxylic acid groups (broad SMARTS) is 1. The van der Waals surface area contributed by atoms with Gasteiger partial charge < -0.3 is 24.7 Å². The molecule has 3 aromatic carbocycles. The molecule has 178 valence electrons. The smallest absolute Gasteiger partial charge is 0.407 e. The van der Waals surface area contributed by atoms with Gasteiger partial charge in [-0.25, -0.2) is 4.79 Å². The molecule has 2 N–H and O–H groups in total. The monoisotopic (exact) mass is 471 g/mol. The van der Waals surface area contributed by atoms with Crippen molar-refractivity contribution in [3.05, 3.63) is 83.9 Å². The number of hydrogen-bond donors (Lipinski definition) is 2. The number of aromatic nitrogens is 1. The Kier molecular flexibility index (Phi) is 5.78. The van der Waals surface area contributed by atoms with Crippen molar-refractivity contribution in [1.82, 2.24) is 14.4 Å². The van der Waals surface area contributed by atoms with Crippen LogP contribution in [0.25, 0.3) is 16.6 Å². The van der Waals surface area contributed by atoms with Gasteiger partial charge in [0.05, 0.1) is 5.52 Å². The van der Waals surface area contributed by atoms with Gasteiger partial charge in [0.2, 0.25) is 5.88 Å². The van der Waals surface area contributed by atoms with Crippen LogP contribution in [0.4, 0.5) is 4.79 Å². The van der Waals surface area contributed by atoms with Crippen molar-refractivity contribution in [2.75, 3.05) is 26.2 Å². The first kappa shape index (κ1) is 22.3. The van der Waals surface area contributed by atoms with Gasteiger partial charge in [0.1, 0.15) is 17.1 Å². The highest BCUT2D eigenvalue weighted by atomic mass is 16.5. The second-order valence-corrected chi connectivity index (χ2v) is 8.48. The van der Waals surface area contributed by atoms with E-state index in [-0.39, 0.29) is 37.8 Å².